The summed E-state index contributed by atoms with van der Waals surface area (Å²) in [5, 5.41) is 1.21. The molecule has 5 rings (SSSR count). The van der Waals surface area contributed by atoms with Crippen LogP contribution in [0.1, 0.15) is 27.2 Å². The Morgan fingerprint density at radius 1 is 1.00 bits per heavy atom. The minimum Gasteiger partial charge on any atom is -0.492 e. The first kappa shape index (κ1) is 29.0. The van der Waals surface area contributed by atoms with Gasteiger partial charge in [-0.15, -0.1) is 0 Å². The molecule has 0 saturated carbocycles. The van der Waals surface area contributed by atoms with Crippen LogP contribution in [-0.4, -0.2) is 94.0 Å². The van der Waals surface area contributed by atoms with Crippen LogP contribution in [0, 0.1) is 11.8 Å². The van der Waals surface area contributed by atoms with Crippen molar-refractivity contribution in [1.82, 2.24) is 14.8 Å². The predicted octanol–water partition coefficient (Wildman–Crippen LogP) is 5.60. The van der Waals surface area contributed by atoms with E-state index in [-0.39, 0.29) is 6.09 Å². The number of nitrogens with zero attached hydrogens (tertiary/aromatic N) is 5. The van der Waals surface area contributed by atoms with Gasteiger partial charge in [-0.1, -0.05) is 0 Å². The molecular weight excluding hydrogens is 514 g/mol. The Balaban J connectivity index is 1.35. The Labute approximate surface area is 244 Å². The Bertz CT molecular complexity index is 1370. The van der Waals surface area contributed by atoms with Crippen molar-refractivity contribution in [3.63, 3.8) is 0 Å². The summed E-state index contributed by atoms with van der Waals surface area (Å²) in [6.07, 6.45) is 0.921. The normalized spacial score (nSPS) is 19.2. The summed E-state index contributed by atoms with van der Waals surface area (Å²) in [5.41, 5.74) is 4.93. The third kappa shape index (κ3) is 6.87. The zero-order valence-corrected chi connectivity index (χ0v) is 25.7. The average molecular weight is 560 g/mol. The van der Waals surface area contributed by atoms with E-state index in [9.17, 15) is 4.79 Å². The average Bonchev–Trinajstić information content (AvgIpc) is 3.34. The molecule has 2 fully saturated rings. The second kappa shape index (κ2) is 11.8. The van der Waals surface area contributed by atoms with Gasteiger partial charge in [-0.05, 0) is 101 Å². The minimum absolute atomic E-state index is 0.351. The smallest absolute Gasteiger partial charge is 0.410 e. The molecular formula is C33H45N5O3. The van der Waals surface area contributed by atoms with Crippen LogP contribution >= 0.6 is 0 Å². The van der Waals surface area contributed by atoms with Crippen molar-refractivity contribution in [2.45, 2.75) is 32.8 Å². The van der Waals surface area contributed by atoms with E-state index < -0.39 is 5.60 Å². The number of hydrogen-bond donors (Lipinski definition) is 0. The Morgan fingerprint density at radius 2 is 1.73 bits per heavy atom. The lowest BCUT2D eigenvalue weighted by Crippen LogP contribution is -2.37. The Morgan fingerprint density at radius 3 is 2.44 bits per heavy atom. The lowest BCUT2D eigenvalue weighted by molar-refractivity contribution is 0.0278. The van der Waals surface area contributed by atoms with Gasteiger partial charge in [-0.3, -0.25) is 0 Å². The van der Waals surface area contributed by atoms with E-state index >= 15 is 0 Å². The van der Waals surface area contributed by atoms with Crippen LogP contribution in [-0.2, 0) is 4.74 Å². The van der Waals surface area contributed by atoms with Gasteiger partial charge in [0.05, 0.1) is 17.8 Å². The number of rotatable bonds is 7. The molecule has 8 heteroatoms. The maximum absolute atomic E-state index is 12.2. The van der Waals surface area contributed by atoms with Crippen molar-refractivity contribution in [3.8, 4) is 17.0 Å². The van der Waals surface area contributed by atoms with Crippen molar-refractivity contribution in [2.75, 3.05) is 77.3 Å². The summed E-state index contributed by atoms with van der Waals surface area (Å²) < 4.78 is 11.4. The van der Waals surface area contributed by atoms with Crippen LogP contribution in [0.4, 0.5) is 16.2 Å². The number of likely N-dealkylation sites (N-methyl/N-ethyl adjacent to an activating group) is 1. The number of pyridine rings is 1. The van der Waals surface area contributed by atoms with E-state index in [1.54, 1.807) is 7.05 Å². The number of aromatic nitrogens is 1. The van der Waals surface area contributed by atoms with Gasteiger partial charge < -0.3 is 29.1 Å². The molecule has 2 aromatic carbocycles. The first-order valence-corrected chi connectivity index (χ1v) is 14.7. The maximum atomic E-state index is 12.2. The first-order valence-electron chi connectivity index (χ1n) is 14.7. The highest BCUT2D eigenvalue weighted by atomic mass is 16.6. The van der Waals surface area contributed by atoms with Gasteiger partial charge >= 0.3 is 6.09 Å². The largest absolute Gasteiger partial charge is 0.492 e. The standard InChI is InChI=1S/C33H45N5O3/c1-33(2,3)41-32(39)37(7)16-17-40-27-11-8-23(9-12-27)29-19-31(28-13-10-26(35(4)5)18-30(28)34-29)38-21-24-14-15-36(6)20-25(24)22-38/h8-13,18-19,24-25H,14-17,20-22H2,1-7H3/t24-,25+/m0/s1. The van der Waals surface area contributed by atoms with Gasteiger partial charge in [0.1, 0.15) is 18.0 Å². The number of carbonyl (C=O) groups is 1. The van der Waals surface area contributed by atoms with E-state index in [1.165, 1.54) is 35.5 Å². The highest BCUT2D eigenvalue weighted by Crippen LogP contribution is 2.39. The van der Waals surface area contributed by atoms with Crippen LogP contribution in [0.5, 0.6) is 5.75 Å². The number of piperidine rings is 1. The molecule has 2 aliphatic heterocycles. The number of carbonyl (C=O) groups excluding carboxylic acids is 1. The molecule has 0 aliphatic carbocycles. The lowest BCUT2D eigenvalue weighted by Gasteiger charge is -2.31. The monoisotopic (exact) mass is 559 g/mol. The maximum Gasteiger partial charge on any atom is 0.410 e. The minimum atomic E-state index is -0.517. The number of amides is 1. The van der Waals surface area contributed by atoms with E-state index in [1.807, 2.05) is 32.9 Å². The summed E-state index contributed by atoms with van der Waals surface area (Å²) in [6, 6.07) is 17.0. The lowest BCUT2D eigenvalue weighted by atomic mass is 9.89. The van der Waals surface area contributed by atoms with Gasteiger partial charge in [0, 0.05) is 63.1 Å². The number of benzene rings is 2. The zero-order chi connectivity index (χ0) is 29.3. The molecule has 3 heterocycles. The van der Waals surface area contributed by atoms with Crippen molar-refractivity contribution in [3.05, 3.63) is 48.5 Å². The van der Waals surface area contributed by atoms with Gasteiger partial charge in [-0.2, -0.15) is 0 Å². The van der Waals surface area contributed by atoms with Gasteiger partial charge in [0.25, 0.3) is 0 Å². The van der Waals surface area contributed by atoms with Crippen molar-refractivity contribution < 1.29 is 14.3 Å². The fraction of sp³-hybridized carbons (Fsp3) is 0.515. The topological polar surface area (TPSA) is 61.4 Å². The van der Waals surface area contributed by atoms with E-state index in [0.29, 0.717) is 19.1 Å². The van der Waals surface area contributed by atoms with Crippen molar-refractivity contribution in [1.29, 1.82) is 0 Å². The highest BCUT2D eigenvalue weighted by Gasteiger charge is 2.36. The van der Waals surface area contributed by atoms with E-state index in [4.69, 9.17) is 14.5 Å². The number of anilines is 2. The number of hydrogen-bond acceptors (Lipinski definition) is 7. The van der Waals surface area contributed by atoms with Crippen LogP contribution < -0.4 is 14.5 Å². The summed E-state index contributed by atoms with van der Waals surface area (Å²) >= 11 is 0. The molecule has 0 N–H and O–H groups in total. The van der Waals surface area contributed by atoms with Gasteiger partial charge in [0.15, 0.2) is 0 Å². The van der Waals surface area contributed by atoms with Gasteiger partial charge in [-0.25, -0.2) is 9.78 Å². The van der Waals surface area contributed by atoms with Gasteiger partial charge in [0.2, 0.25) is 0 Å². The van der Waals surface area contributed by atoms with E-state index in [0.717, 1.165) is 47.2 Å². The molecule has 0 spiro atoms. The molecule has 220 valence electrons. The number of likely N-dealkylation sites (tertiary alicyclic amines) is 1. The summed E-state index contributed by atoms with van der Waals surface area (Å²) in [6.45, 7) is 11.0. The third-order valence-electron chi connectivity index (χ3n) is 8.18. The second-order valence-electron chi connectivity index (χ2n) is 12.9. The molecule has 1 amide bonds. The fourth-order valence-electron chi connectivity index (χ4n) is 5.89. The molecule has 41 heavy (non-hydrogen) atoms. The molecule has 0 bridgehead atoms. The first-order chi connectivity index (χ1) is 19.5. The molecule has 2 atom stereocenters. The Hall–Kier alpha value is -3.52. The van der Waals surface area contributed by atoms with Crippen LogP contribution in [0.25, 0.3) is 22.2 Å². The molecule has 2 aliphatic rings. The SMILES string of the molecule is CN1CC[C@H]2CN(c3cc(-c4ccc(OCCN(C)C(=O)OC(C)(C)C)cc4)nc4cc(N(C)C)ccc34)C[C@H]2C1. The van der Waals surface area contributed by atoms with Crippen LogP contribution in [0.2, 0.25) is 0 Å². The summed E-state index contributed by atoms with van der Waals surface area (Å²) in [4.78, 5) is 26.1. The highest BCUT2D eigenvalue weighted by molar-refractivity contribution is 5.96. The second-order valence-corrected chi connectivity index (χ2v) is 12.9. The molecule has 3 aromatic rings. The number of fused-ring (bicyclic) bond motifs is 2. The van der Waals surface area contributed by atoms with Crippen LogP contribution in [0.3, 0.4) is 0 Å². The zero-order valence-electron chi connectivity index (χ0n) is 25.7. The molecule has 0 unspecified atom stereocenters. The predicted molar refractivity (Wildman–Crippen MR) is 167 cm³/mol. The summed E-state index contributed by atoms with van der Waals surface area (Å²) in [7, 11) is 8.10. The molecule has 0 radical (unpaired) electrons. The Kier molecular flexibility index (Phi) is 8.32. The number of ether oxygens (including phenoxy) is 2. The quantitative estimate of drug-likeness (QED) is 0.373. The summed E-state index contributed by atoms with van der Waals surface area (Å²) in [5.74, 6) is 2.23. The van der Waals surface area contributed by atoms with Crippen molar-refractivity contribution >= 4 is 28.4 Å². The van der Waals surface area contributed by atoms with Crippen LogP contribution in [0.15, 0.2) is 48.5 Å². The molecule has 2 saturated heterocycles. The molecule has 1 aromatic heterocycles. The molecule has 8 nitrogen and oxygen atoms in total. The van der Waals surface area contributed by atoms with Crippen molar-refractivity contribution in [2.24, 2.45) is 11.8 Å². The fourth-order valence-corrected chi connectivity index (χ4v) is 5.89. The third-order valence-corrected chi connectivity index (χ3v) is 8.18. The van der Waals surface area contributed by atoms with E-state index in [2.05, 4.69) is 72.2 Å².